The molecular weight excluding hydrogens is 364 g/mol. The lowest BCUT2D eigenvalue weighted by Gasteiger charge is -2.08. The van der Waals surface area contributed by atoms with Gasteiger partial charge in [-0.2, -0.15) is 0 Å². The van der Waals surface area contributed by atoms with E-state index in [9.17, 15) is 19.7 Å². The highest BCUT2D eigenvalue weighted by atomic mass is 16.6. The number of esters is 1. The summed E-state index contributed by atoms with van der Waals surface area (Å²) in [7, 11) is 0. The molecule has 1 amide bonds. The van der Waals surface area contributed by atoms with Crippen molar-refractivity contribution in [3.63, 3.8) is 0 Å². The van der Waals surface area contributed by atoms with Crippen molar-refractivity contribution >= 4 is 29.3 Å². The SMILES string of the molecule is CCOc1ccccc1C=CC(=O)OCC(=O)Nc1ccc([N+](=O)[O-])cc1C. The minimum Gasteiger partial charge on any atom is -0.493 e. The van der Waals surface area contributed by atoms with Crippen LogP contribution in [0.1, 0.15) is 18.1 Å². The molecule has 2 rings (SSSR count). The molecule has 0 aliphatic heterocycles. The van der Waals surface area contributed by atoms with Crippen molar-refractivity contribution < 1.29 is 24.0 Å². The van der Waals surface area contributed by atoms with Crippen molar-refractivity contribution in [1.82, 2.24) is 0 Å². The summed E-state index contributed by atoms with van der Waals surface area (Å²) in [6, 6.07) is 11.3. The van der Waals surface area contributed by atoms with Crippen molar-refractivity contribution in [1.29, 1.82) is 0 Å². The Balaban J connectivity index is 1.89. The summed E-state index contributed by atoms with van der Waals surface area (Å²) in [5, 5.41) is 13.3. The van der Waals surface area contributed by atoms with Gasteiger partial charge in [0.15, 0.2) is 6.61 Å². The second-order valence-electron chi connectivity index (χ2n) is 5.72. The molecule has 8 heteroatoms. The molecule has 28 heavy (non-hydrogen) atoms. The number of nitro groups is 1. The van der Waals surface area contributed by atoms with Crippen LogP contribution in [-0.2, 0) is 14.3 Å². The molecule has 0 saturated carbocycles. The third-order valence-corrected chi connectivity index (χ3v) is 3.66. The zero-order chi connectivity index (χ0) is 20.5. The van der Waals surface area contributed by atoms with Gasteiger partial charge >= 0.3 is 5.97 Å². The molecule has 2 aromatic carbocycles. The predicted molar refractivity (Wildman–Crippen MR) is 104 cm³/mol. The fourth-order valence-electron chi connectivity index (χ4n) is 2.34. The van der Waals surface area contributed by atoms with E-state index in [1.165, 1.54) is 24.3 Å². The van der Waals surface area contributed by atoms with Gasteiger partial charge in [0.05, 0.1) is 11.5 Å². The first-order valence-corrected chi connectivity index (χ1v) is 8.52. The quantitative estimate of drug-likeness (QED) is 0.323. The standard InChI is InChI=1S/C20H20N2O6/c1-3-27-18-7-5-4-6-15(18)8-11-20(24)28-13-19(23)21-17-10-9-16(22(25)26)12-14(17)2/h4-12H,3,13H2,1-2H3,(H,21,23). The number of aryl methyl sites for hydroxylation is 1. The second kappa shape index (κ2) is 9.86. The smallest absolute Gasteiger partial charge is 0.331 e. The lowest BCUT2D eigenvalue weighted by molar-refractivity contribution is -0.384. The van der Waals surface area contributed by atoms with Crippen LogP contribution in [0, 0.1) is 17.0 Å². The number of carbonyl (C=O) groups excluding carboxylic acids is 2. The number of carbonyl (C=O) groups is 2. The Morgan fingerprint density at radius 3 is 2.64 bits per heavy atom. The molecule has 146 valence electrons. The Labute approximate surface area is 161 Å². The van der Waals surface area contributed by atoms with Crippen molar-refractivity contribution in [2.75, 3.05) is 18.5 Å². The first-order chi connectivity index (χ1) is 13.4. The van der Waals surface area contributed by atoms with Gasteiger partial charge in [-0.15, -0.1) is 0 Å². The highest BCUT2D eigenvalue weighted by Gasteiger charge is 2.11. The first kappa shape index (κ1) is 20.6. The van der Waals surface area contributed by atoms with Gasteiger partial charge in [-0.1, -0.05) is 18.2 Å². The molecule has 2 aromatic rings. The van der Waals surface area contributed by atoms with Gasteiger partial charge in [-0.05, 0) is 37.6 Å². The van der Waals surface area contributed by atoms with Crippen LogP contribution in [0.4, 0.5) is 11.4 Å². The number of hydrogen-bond donors (Lipinski definition) is 1. The molecule has 0 fully saturated rings. The van der Waals surface area contributed by atoms with Crippen LogP contribution in [0.3, 0.4) is 0 Å². The highest BCUT2D eigenvalue weighted by Crippen LogP contribution is 2.21. The predicted octanol–water partition coefficient (Wildman–Crippen LogP) is 3.50. The van der Waals surface area contributed by atoms with E-state index in [1.807, 2.05) is 19.1 Å². The third kappa shape index (κ3) is 5.94. The van der Waals surface area contributed by atoms with E-state index < -0.39 is 23.4 Å². The fourth-order valence-corrected chi connectivity index (χ4v) is 2.34. The van der Waals surface area contributed by atoms with Crippen LogP contribution >= 0.6 is 0 Å². The average Bonchev–Trinajstić information content (AvgIpc) is 2.67. The highest BCUT2D eigenvalue weighted by molar-refractivity contribution is 5.95. The number of non-ortho nitro benzene ring substituents is 1. The van der Waals surface area contributed by atoms with Crippen LogP contribution in [0.25, 0.3) is 6.08 Å². The zero-order valence-corrected chi connectivity index (χ0v) is 15.5. The molecule has 0 atom stereocenters. The number of nitro benzene ring substituents is 1. The van der Waals surface area contributed by atoms with Crippen molar-refractivity contribution in [2.45, 2.75) is 13.8 Å². The molecule has 8 nitrogen and oxygen atoms in total. The average molecular weight is 384 g/mol. The molecule has 0 saturated heterocycles. The number of para-hydroxylation sites is 1. The van der Waals surface area contributed by atoms with E-state index in [0.29, 0.717) is 29.2 Å². The summed E-state index contributed by atoms with van der Waals surface area (Å²) >= 11 is 0. The summed E-state index contributed by atoms with van der Waals surface area (Å²) in [4.78, 5) is 34.0. The van der Waals surface area contributed by atoms with Gasteiger partial charge in [0, 0.05) is 29.5 Å². The van der Waals surface area contributed by atoms with E-state index in [0.717, 1.165) is 0 Å². The molecule has 1 N–H and O–H groups in total. The lowest BCUT2D eigenvalue weighted by atomic mass is 10.2. The minimum absolute atomic E-state index is 0.0700. The molecule has 0 aliphatic carbocycles. The van der Waals surface area contributed by atoms with Crippen LogP contribution in [-0.4, -0.2) is 30.0 Å². The Hall–Kier alpha value is -3.68. The topological polar surface area (TPSA) is 108 Å². The number of anilines is 1. The number of ether oxygens (including phenoxy) is 2. The molecule has 0 bridgehead atoms. The molecular formula is C20H20N2O6. The minimum atomic E-state index is -0.679. The number of amides is 1. The number of benzene rings is 2. The van der Waals surface area contributed by atoms with Gasteiger partial charge < -0.3 is 14.8 Å². The van der Waals surface area contributed by atoms with Gasteiger partial charge in [0.1, 0.15) is 5.75 Å². The van der Waals surface area contributed by atoms with Crippen molar-refractivity contribution in [3.8, 4) is 5.75 Å². The van der Waals surface area contributed by atoms with Crippen molar-refractivity contribution in [3.05, 3.63) is 69.8 Å². The summed E-state index contributed by atoms with van der Waals surface area (Å²) < 4.78 is 10.4. The van der Waals surface area contributed by atoms with Crippen LogP contribution < -0.4 is 10.1 Å². The summed E-state index contributed by atoms with van der Waals surface area (Å²) in [6.07, 6.45) is 2.76. The van der Waals surface area contributed by atoms with Gasteiger partial charge in [-0.3, -0.25) is 14.9 Å². The largest absolute Gasteiger partial charge is 0.493 e. The molecule has 0 spiro atoms. The number of nitrogens with one attached hydrogen (secondary N) is 1. The van der Waals surface area contributed by atoms with Gasteiger partial charge in [0.2, 0.25) is 0 Å². The monoisotopic (exact) mass is 384 g/mol. The van der Waals surface area contributed by atoms with E-state index in [4.69, 9.17) is 9.47 Å². The van der Waals surface area contributed by atoms with Crippen LogP contribution in [0.15, 0.2) is 48.5 Å². The molecule has 0 heterocycles. The Morgan fingerprint density at radius 2 is 1.96 bits per heavy atom. The first-order valence-electron chi connectivity index (χ1n) is 8.52. The zero-order valence-electron chi connectivity index (χ0n) is 15.5. The lowest BCUT2D eigenvalue weighted by Crippen LogP contribution is -2.20. The fraction of sp³-hybridized carbons (Fsp3) is 0.200. The number of hydrogen-bond acceptors (Lipinski definition) is 6. The van der Waals surface area contributed by atoms with Gasteiger partial charge in [0.25, 0.3) is 11.6 Å². The Bertz CT molecular complexity index is 907. The maximum Gasteiger partial charge on any atom is 0.331 e. The summed E-state index contributed by atoms with van der Waals surface area (Å²) in [6.45, 7) is 3.51. The van der Waals surface area contributed by atoms with Crippen LogP contribution in [0.2, 0.25) is 0 Å². The third-order valence-electron chi connectivity index (χ3n) is 3.66. The van der Waals surface area contributed by atoms with E-state index >= 15 is 0 Å². The van der Waals surface area contributed by atoms with Crippen LogP contribution in [0.5, 0.6) is 5.75 Å². The Morgan fingerprint density at radius 1 is 1.21 bits per heavy atom. The normalized spacial score (nSPS) is 10.5. The Kier molecular flexibility index (Phi) is 7.27. The van der Waals surface area contributed by atoms with E-state index in [2.05, 4.69) is 5.32 Å². The van der Waals surface area contributed by atoms with Gasteiger partial charge in [-0.25, -0.2) is 4.79 Å². The summed E-state index contributed by atoms with van der Waals surface area (Å²) in [5.41, 5.74) is 1.58. The van der Waals surface area contributed by atoms with Crippen molar-refractivity contribution in [2.24, 2.45) is 0 Å². The summed E-state index contributed by atoms with van der Waals surface area (Å²) in [5.74, 6) is -0.587. The molecule has 0 aliphatic rings. The molecule has 0 unspecified atom stereocenters. The maximum absolute atomic E-state index is 11.9. The molecule has 0 aromatic heterocycles. The molecule has 0 radical (unpaired) electrons. The van der Waals surface area contributed by atoms with E-state index in [-0.39, 0.29) is 5.69 Å². The van der Waals surface area contributed by atoms with E-state index in [1.54, 1.807) is 25.1 Å². The second-order valence-corrected chi connectivity index (χ2v) is 5.72. The number of rotatable bonds is 8. The number of nitrogens with zero attached hydrogens (tertiary/aromatic N) is 1. The maximum atomic E-state index is 11.9.